The molecule has 2 N–H and O–H groups in total. The second kappa shape index (κ2) is 6.80. The first-order valence-corrected chi connectivity index (χ1v) is 6.45. The summed E-state index contributed by atoms with van der Waals surface area (Å²) in [5.41, 5.74) is 0.321. The van der Waals surface area contributed by atoms with Gasteiger partial charge in [-0.2, -0.15) is 15.4 Å². The Hall–Kier alpha value is -2.22. The van der Waals surface area contributed by atoms with Gasteiger partial charge in [0.25, 0.3) is 5.91 Å². The minimum atomic E-state index is -0.130. The average Bonchev–Trinajstić information content (AvgIpc) is 2.99. The lowest BCUT2D eigenvalue weighted by molar-refractivity contribution is -0.122. The normalized spacial score (nSPS) is 15.9. The van der Waals surface area contributed by atoms with Gasteiger partial charge in [-0.05, 0) is 0 Å². The Labute approximate surface area is 116 Å². The van der Waals surface area contributed by atoms with E-state index in [1.165, 1.54) is 6.20 Å². The number of carbonyl (C=O) groups excluding carboxylic acids is 2. The molecule has 0 bridgehead atoms. The lowest BCUT2D eigenvalue weighted by Gasteiger charge is -2.33. The Balaban J connectivity index is 1.76. The Morgan fingerprint density at radius 2 is 2.15 bits per heavy atom. The number of aromatic amines is 1. The number of amides is 2. The van der Waals surface area contributed by atoms with Crippen molar-refractivity contribution in [3.05, 3.63) is 24.5 Å². The highest BCUT2D eigenvalue weighted by molar-refractivity contribution is 5.92. The molecule has 0 unspecified atom stereocenters. The maximum atomic E-state index is 12.0. The summed E-state index contributed by atoms with van der Waals surface area (Å²) in [7, 11) is 0. The molecule has 2 rings (SSSR count). The van der Waals surface area contributed by atoms with Crippen molar-refractivity contribution in [3.63, 3.8) is 0 Å². The van der Waals surface area contributed by atoms with Crippen LogP contribution in [0.25, 0.3) is 0 Å². The van der Waals surface area contributed by atoms with Gasteiger partial charge in [0.2, 0.25) is 5.91 Å². The Kier molecular flexibility index (Phi) is 4.83. The van der Waals surface area contributed by atoms with E-state index in [-0.39, 0.29) is 11.8 Å². The summed E-state index contributed by atoms with van der Waals surface area (Å²) in [5.74, 6) is -0.157. The number of aromatic nitrogens is 3. The molecule has 20 heavy (non-hydrogen) atoms. The van der Waals surface area contributed by atoms with E-state index in [4.69, 9.17) is 0 Å². The Morgan fingerprint density at radius 1 is 1.40 bits per heavy atom. The van der Waals surface area contributed by atoms with E-state index in [1.54, 1.807) is 11.0 Å². The summed E-state index contributed by atoms with van der Waals surface area (Å²) in [5, 5.41) is 12.6. The van der Waals surface area contributed by atoms with Crippen molar-refractivity contribution < 1.29 is 9.59 Å². The van der Waals surface area contributed by atoms with Crippen molar-refractivity contribution in [3.8, 4) is 0 Å². The van der Waals surface area contributed by atoms with Crippen LogP contribution in [-0.2, 0) is 4.79 Å². The molecule has 0 spiro atoms. The molecule has 1 saturated heterocycles. The maximum Gasteiger partial charge on any atom is 0.276 e. The molecule has 1 aliphatic heterocycles. The largest absolute Gasteiger partial charge is 0.352 e. The van der Waals surface area contributed by atoms with Crippen molar-refractivity contribution in [2.24, 2.45) is 0 Å². The third-order valence-electron chi connectivity index (χ3n) is 3.10. The van der Waals surface area contributed by atoms with Gasteiger partial charge < -0.3 is 10.2 Å². The summed E-state index contributed by atoms with van der Waals surface area (Å²) in [6.07, 6.45) is 3.06. The number of hydrogen-bond acceptors (Lipinski definition) is 5. The predicted octanol–water partition coefficient (Wildman–Crippen LogP) is -1.14. The molecule has 2 amide bonds. The molecule has 1 aromatic heterocycles. The smallest absolute Gasteiger partial charge is 0.276 e. The number of carbonyl (C=O) groups is 2. The van der Waals surface area contributed by atoms with Crippen LogP contribution in [0.5, 0.6) is 0 Å². The number of rotatable bonds is 5. The van der Waals surface area contributed by atoms with Gasteiger partial charge in [-0.15, -0.1) is 6.58 Å². The summed E-state index contributed by atoms with van der Waals surface area (Å²) >= 11 is 0. The summed E-state index contributed by atoms with van der Waals surface area (Å²) in [6, 6.07) is 0. The van der Waals surface area contributed by atoms with Crippen molar-refractivity contribution in [1.29, 1.82) is 0 Å². The van der Waals surface area contributed by atoms with Crippen LogP contribution in [0.3, 0.4) is 0 Å². The molecule has 8 nitrogen and oxygen atoms in total. The first kappa shape index (κ1) is 14.2. The molecule has 0 aromatic carbocycles. The minimum absolute atomic E-state index is 0.0267. The fraction of sp³-hybridized carbons (Fsp3) is 0.500. The van der Waals surface area contributed by atoms with E-state index in [0.29, 0.717) is 45.0 Å². The van der Waals surface area contributed by atoms with Crippen LogP contribution in [0, 0.1) is 0 Å². The van der Waals surface area contributed by atoms with E-state index < -0.39 is 0 Å². The molecule has 0 saturated carbocycles. The number of nitrogens with zero attached hydrogens (tertiary/aromatic N) is 4. The van der Waals surface area contributed by atoms with E-state index in [0.717, 1.165) is 0 Å². The van der Waals surface area contributed by atoms with Crippen LogP contribution in [0.15, 0.2) is 18.9 Å². The van der Waals surface area contributed by atoms with Gasteiger partial charge >= 0.3 is 0 Å². The average molecular weight is 278 g/mol. The van der Waals surface area contributed by atoms with E-state index in [1.807, 2.05) is 4.90 Å². The van der Waals surface area contributed by atoms with Gasteiger partial charge in [0, 0.05) is 32.7 Å². The second-order valence-electron chi connectivity index (χ2n) is 4.52. The summed E-state index contributed by atoms with van der Waals surface area (Å²) in [4.78, 5) is 27.3. The SMILES string of the molecule is C=CCNC(=O)CN1CCN(C(=O)c2cn[nH]n2)CC1. The van der Waals surface area contributed by atoms with Crippen LogP contribution in [0.1, 0.15) is 10.5 Å². The quantitative estimate of drug-likeness (QED) is 0.664. The second-order valence-corrected chi connectivity index (χ2v) is 4.52. The van der Waals surface area contributed by atoms with Gasteiger partial charge in [-0.3, -0.25) is 14.5 Å². The summed E-state index contributed by atoms with van der Waals surface area (Å²) in [6.45, 7) is 6.88. The molecule has 1 aliphatic rings. The van der Waals surface area contributed by atoms with Crippen molar-refractivity contribution in [2.45, 2.75) is 0 Å². The van der Waals surface area contributed by atoms with Crippen LogP contribution in [-0.4, -0.2) is 76.3 Å². The van der Waals surface area contributed by atoms with Gasteiger partial charge in [0.05, 0.1) is 12.7 Å². The molecule has 2 heterocycles. The van der Waals surface area contributed by atoms with Gasteiger partial charge in [0.15, 0.2) is 5.69 Å². The zero-order chi connectivity index (χ0) is 14.4. The Morgan fingerprint density at radius 3 is 2.75 bits per heavy atom. The third kappa shape index (κ3) is 3.64. The van der Waals surface area contributed by atoms with Crippen LogP contribution < -0.4 is 5.32 Å². The minimum Gasteiger partial charge on any atom is -0.352 e. The van der Waals surface area contributed by atoms with Crippen molar-refractivity contribution in [2.75, 3.05) is 39.3 Å². The van der Waals surface area contributed by atoms with Gasteiger partial charge in [-0.1, -0.05) is 6.08 Å². The molecule has 0 aliphatic carbocycles. The lowest BCUT2D eigenvalue weighted by Crippen LogP contribution is -2.51. The molecule has 0 radical (unpaired) electrons. The molecule has 0 atom stereocenters. The summed E-state index contributed by atoms with van der Waals surface area (Å²) < 4.78 is 0. The van der Waals surface area contributed by atoms with E-state index in [9.17, 15) is 9.59 Å². The topological polar surface area (TPSA) is 94.2 Å². The predicted molar refractivity (Wildman–Crippen MR) is 71.9 cm³/mol. The molecule has 1 fully saturated rings. The zero-order valence-corrected chi connectivity index (χ0v) is 11.2. The van der Waals surface area contributed by atoms with Gasteiger partial charge in [-0.25, -0.2) is 0 Å². The van der Waals surface area contributed by atoms with Crippen LogP contribution >= 0.6 is 0 Å². The molecular weight excluding hydrogens is 260 g/mol. The fourth-order valence-electron chi connectivity index (χ4n) is 2.02. The van der Waals surface area contributed by atoms with Crippen molar-refractivity contribution >= 4 is 11.8 Å². The van der Waals surface area contributed by atoms with Gasteiger partial charge in [0.1, 0.15) is 0 Å². The third-order valence-corrected chi connectivity index (χ3v) is 3.10. The molecular formula is C12H18N6O2. The lowest BCUT2D eigenvalue weighted by atomic mass is 10.3. The monoisotopic (exact) mass is 278 g/mol. The first-order valence-electron chi connectivity index (χ1n) is 6.45. The Bertz CT molecular complexity index is 464. The highest BCUT2D eigenvalue weighted by atomic mass is 16.2. The molecule has 1 aromatic rings. The van der Waals surface area contributed by atoms with Crippen LogP contribution in [0.4, 0.5) is 0 Å². The van der Waals surface area contributed by atoms with Crippen LogP contribution in [0.2, 0.25) is 0 Å². The molecule has 108 valence electrons. The molecule has 8 heteroatoms. The number of nitrogens with one attached hydrogen (secondary N) is 2. The van der Waals surface area contributed by atoms with E-state index >= 15 is 0 Å². The fourth-order valence-corrected chi connectivity index (χ4v) is 2.02. The van der Waals surface area contributed by atoms with Crippen molar-refractivity contribution in [1.82, 2.24) is 30.5 Å². The zero-order valence-electron chi connectivity index (χ0n) is 11.2. The highest BCUT2D eigenvalue weighted by Gasteiger charge is 2.24. The number of hydrogen-bond donors (Lipinski definition) is 2. The highest BCUT2D eigenvalue weighted by Crippen LogP contribution is 2.05. The number of H-pyrrole nitrogens is 1. The standard InChI is InChI=1S/C12H18N6O2/c1-2-3-13-11(19)9-17-4-6-18(7-5-17)12(20)10-8-14-16-15-10/h2,8H,1,3-7,9H2,(H,13,19)(H,14,15,16). The maximum absolute atomic E-state index is 12.0. The van der Waals surface area contributed by atoms with E-state index in [2.05, 4.69) is 27.3 Å². The number of piperazine rings is 1. The first-order chi connectivity index (χ1) is 9.70.